The highest BCUT2D eigenvalue weighted by molar-refractivity contribution is 6.18. The first kappa shape index (κ1) is 16.0. The van der Waals surface area contributed by atoms with Crippen LogP contribution in [-0.2, 0) is 4.79 Å². The summed E-state index contributed by atoms with van der Waals surface area (Å²) in [4.78, 5) is 16.9. The fourth-order valence-electron chi connectivity index (χ4n) is 2.96. The predicted molar refractivity (Wildman–Crippen MR) is 99.4 cm³/mol. The summed E-state index contributed by atoms with van der Waals surface area (Å²) in [6.45, 7) is 0. The maximum absolute atomic E-state index is 13.1. The number of phenolic OH excluding ortho intramolecular Hbond substituents is 1. The molecule has 0 radical (unpaired) electrons. The van der Waals surface area contributed by atoms with Gasteiger partial charge < -0.3 is 10.4 Å². The van der Waals surface area contributed by atoms with Gasteiger partial charge in [-0.3, -0.25) is 4.79 Å². The van der Waals surface area contributed by atoms with Crippen LogP contribution in [-0.4, -0.2) is 16.7 Å². The number of carbonyl (C=O) groups excluding carboxylic acids is 1. The molecule has 0 spiro atoms. The SMILES string of the molecule is O=C1CC(c2ccccc2O)=Nc2ccc(-c3ccc(F)cc3)cc2N1. The van der Waals surface area contributed by atoms with Crippen LogP contribution in [0.4, 0.5) is 15.8 Å². The highest BCUT2D eigenvalue weighted by atomic mass is 19.1. The largest absolute Gasteiger partial charge is 0.507 e. The van der Waals surface area contributed by atoms with E-state index in [4.69, 9.17) is 0 Å². The van der Waals surface area contributed by atoms with Crippen LogP contribution in [0.3, 0.4) is 0 Å². The molecular weight excluding hydrogens is 331 g/mol. The van der Waals surface area contributed by atoms with Gasteiger partial charge in [-0.15, -0.1) is 0 Å². The number of carbonyl (C=O) groups is 1. The highest BCUT2D eigenvalue weighted by Crippen LogP contribution is 2.34. The van der Waals surface area contributed by atoms with Crippen molar-refractivity contribution < 1.29 is 14.3 Å². The van der Waals surface area contributed by atoms with Crippen molar-refractivity contribution in [2.75, 3.05) is 5.32 Å². The molecule has 4 nitrogen and oxygen atoms in total. The second-order valence-electron chi connectivity index (χ2n) is 6.04. The van der Waals surface area contributed by atoms with Crippen LogP contribution >= 0.6 is 0 Å². The van der Waals surface area contributed by atoms with Gasteiger partial charge >= 0.3 is 0 Å². The summed E-state index contributed by atoms with van der Waals surface area (Å²) in [5.41, 5.74) is 3.94. The van der Waals surface area contributed by atoms with Gasteiger partial charge in [0.05, 0.1) is 23.5 Å². The van der Waals surface area contributed by atoms with Crippen LogP contribution in [0.15, 0.2) is 71.7 Å². The van der Waals surface area contributed by atoms with Crippen molar-refractivity contribution in [1.29, 1.82) is 0 Å². The Hall–Kier alpha value is -3.47. The lowest BCUT2D eigenvalue weighted by Crippen LogP contribution is -2.15. The molecule has 1 amide bonds. The number of amides is 1. The third-order valence-corrected chi connectivity index (χ3v) is 4.25. The quantitative estimate of drug-likeness (QED) is 0.709. The van der Waals surface area contributed by atoms with Gasteiger partial charge in [0, 0.05) is 5.56 Å². The third kappa shape index (κ3) is 3.07. The zero-order valence-electron chi connectivity index (χ0n) is 13.7. The van der Waals surface area contributed by atoms with E-state index in [1.807, 2.05) is 12.1 Å². The first-order valence-electron chi connectivity index (χ1n) is 8.16. The number of aromatic hydroxyl groups is 1. The van der Waals surface area contributed by atoms with Crippen molar-refractivity contribution >= 4 is 23.0 Å². The first-order valence-corrected chi connectivity index (χ1v) is 8.16. The maximum Gasteiger partial charge on any atom is 0.230 e. The molecule has 3 aromatic rings. The van der Waals surface area contributed by atoms with E-state index in [0.717, 1.165) is 11.1 Å². The van der Waals surface area contributed by atoms with Crippen molar-refractivity contribution in [2.24, 2.45) is 4.99 Å². The first-order chi connectivity index (χ1) is 12.6. The Morgan fingerprint density at radius 2 is 1.69 bits per heavy atom. The zero-order chi connectivity index (χ0) is 18.1. The molecule has 4 rings (SSSR count). The van der Waals surface area contributed by atoms with Gasteiger partial charge in [0.15, 0.2) is 0 Å². The molecule has 0 aliphatic carbocycles. The molecule has 0 atom stereocenters. The molecule has 1 aliphatic rings. The molecule has 2 N–H and O–H groups in total. The Kier molecular flexibility index (Phi) is 3.97. The molecule has 128 valence electrons. The number of anilines is 1. The molecule has 5 heteroatoms. The number of para-hydroxylation sites is 1. The van der Waals surface area contributed by atoms with Crippen LogP contribution < -0.4 is 5.32 Å². The van der Waals surface area contributed by atoms with E-state index < -0.39 is 0 Å². The number of phenols is 1. The van der Waals surface area contributed by atoms with Gasteiger partial charge in [0.2, 0.25) is 5.91 Å². The minimum Gasteiger partial charge on any atom is -0.507 e. The number of fused-ring (bicyclic) bond motifs is 1. The van der Waals surface area contributed by atoms with Crippen molar-refractivity contribution in [3.05, 3.63) is 78.1 Å². The summed E-state index contributed by atoms with van der Waals surface area (Å²) < 4.78 is 13.1. The normalized spacial score (nSPS) is 13.4. The molecular formula is C21H15FN2O2. The maximum atomic E-state index is 13.1. The van der Waals surface area contributed by atoms with Crippen LogP contribution in [0, 0.1) is 5.82 Å². The van der Waals surface area contributed by atoms with E-state index in [1.165, 1.54) is 12.1 Å². The molecule has 0 saturated carbocycles. The van der Waals surface area contributed by atoms with Gasteiger partial charge in [0.25, 0.3) is 0 Å². The zero-order valence-corrected chi connectivity index (χ0v) is 13.7. The van der Waals surface area contributed by atoms with Crippen molar-refractivity contribution in [3.8, 4) is 16.9 Å². The molecule has 0 saturated heterocycles. The summed E-state index contributed by atoms with van der Waals surface area (Å²) in [5, 5.41) is 12.9. The lowest BCUT2D eigenvalue weighted by molar-refractivity contribution is -0.115. The summed E-state index contributed by atoms with van der Waals surface area (Å²) in [6, 6.07) is 18.5. The topological polar surface area (TPSA) is 61.7 Å². The molecule has 3 aromatic carbocycles. The number of hydrogen-bond acceptors (Lipinski definition) is 3. The van der Waals surface area contributed by atoms with Crippen LogP contribution in [0.5, 0.6) is 5.75 Å². The van der Waals surface area contributed by atoms with E-state index in [-0.39, 0.29) is 23.9 Å². The lowest BCUT2D eigenvalue weighted by atomic mass is 10.0. The monoisotopic (exact) mass is 346 g/mol. The van der Waals surface area contributed by atoms with Gasteiger partial charge in [-0.1, -0.05) is 30.3 Å². The Morgan fingerprint density at radius 3 is 2.46 bits per heavy atom. The van der Waals surface area contributed by atoms with E-state index in [2.05, 4.69) is 10.3 Å². The Bertz CT molecular complexity index is 1030. The third-order valence-electron chi connectivity index (χ3n) is 4.25. The molecule has 26 heavy (non-hydrogen) atoms. The fraction of sp³-hybridized carbons (Fsp3) is 0.0476. The minimum atomic E-state index is -0.297. The number of benzene rings is 3. The minimum absolute atomic E-state index is 0.0676. The Balaban J connectivity index is 1.78. The Labute approximate surface area is 149 Å². The number of hydrogen-bond donors (Lipinski definition) is 2. The van der Waals surface area contributed by atoms with Crippen molar-refractivity contribution in [1.82, 2.24) is 0 Å². The van der Waals surface area contributed by atoms with E-state index in [0.29, 0.717) is 22.6 Å². The average Bonchev–Trinajstić information content (AvgIpc) is 2.80. The Morgan fingerprint density at radius 1 is 0.962 bits per heavy atom. The van der Waals surface area contributed by atoms with Gasteiger partial charge in [-0.25, -0.2) is 9.38 Å². The van der Waals surface area contributed by atoms with E-state index in [9.17, 15) is 14.3 Å². The molecule has 0 unspecified atom stereocenters. The number of halogens is 1. The summed E-state index contributed by atoms with van der Waals surface area (Å²) in [6.07, 6.45) is 0.0676. The highest BCUT2D eigenvalue weighted by Gasteiger charge is 2.19. The molecule has 1 heterocycles. The summed E-state index contributed by atoms with van der Waals surface area (Å²) in [5.74, 6) is -0.416. The number of aliphatic imine (C=N–C) groups is 1. The number of rotatable bonds is 2. The van der Waals surface area contributed by atoms with Gasteiger partial charge in [0.1, 0.15) is 11.6 Å². The second kappa shape index (κ2) is 6.44. The molecule has 0 aromatic heterocycles. The van der Waals surface area contributed by atoms with Gasteiger partial charge in [-0.2, -0.15) is 0 Å². The van der Waals surface area contributed by atoms with E-state index >= 15 is 0 Å². The average molecular weight is 346 g/mol. The summed E-state index contributed by atoms with van der Waals surface area (Å²) in [7, 11) is 0. The molecule has 1 aliphatic heterocycles. The smallest absolute Gasteiger partial charge is 0.230 e. The predicted octanol–water partition coefficient (Wildman–Crippen LogP) is 4.66. The molecule has 0 fully saturated rings. The lowest BCUT2D eigenvalue weighted by Gasteiger charge is -2.08. The number of nitrogens with zero attached hydrogens (tertiary/aromatic N) is 1. The number of nitrogens with one attached hydrogen (secondary N) is 1. The van der Waals surface area contributed by atoms with Crippen molar-refractivity contribution in [2.45, 2.75) is 6.42 Å². The molecule has 0 bridgehead atoms. The summed E-state index contributed by atoms with van der Waals surface area (Å²) >= 11 is 0. The van der Waals surface area contributed by atoms with E-state index in [1.54, 1.807) is 42.5 Å². The second-order valence-corrected chi connectivity index (χ2v) is 6.04. The van der Waals surface area contributed by atoms with Crippen LogP contribution in [0.25, 0.3) is 11.1 Å². The van der Waals surface area contributed by atoms with Gasteiger partial charge in [-0.05, 0) is 47.5 Å². The van der Waals surface area contributed by atoms with Crippen LogP contribution in [0.1, 0.15) is 12.0 Å². The standard InChI is InChI=1S/C21H15FN2O2/c22-15-8-5-13(6-9-15)14-7-10-17-19(11-14)24-21(26)12-18(23-17)16-3-1-2-4-20(16)25/h1-11,25H,12H2,(H,24,26). The van der Waals surface area contributed by atoms with Crippen LogP contribution in [0.2, 0.25) is 0 Å². The van der Waals surface area contributed by atoms with Crippen molar-refractivity contribution in [3.63, 3.8) is 0 Å². The fourth-order valence-corrected chi connectivity index (χ4v) is 2.96.